The van der Waals surface area contributed by atoms with Crippen LogP contribution in [-0.4, -0.2) is 19.1 Å². The van der Waals surface area contributed by atoms with E-state index in [1.165, 1.54) is 6.07 Å². The number of carbonyl (C=O) groups excluding carboxylic acids is 1. The molecule has 142 valence electrons. The Balaban J connectivity index is 0.00000261. The number of ether oxygens (including phenoxy) is 1. The Bertz CT molecular complexity index is 1030. The summed E-state index contributed by atoms with van der Waals surface area (Å²) in [5.41, 5.74) is 8.19. The molecular weight excluding hydrogens is 368 g/mol. The van der Waals surface area contributed by atoms with E-state index in [0.29, 0.717) is 35.7 Å². The standard InChI is InChI=1S/C20H20N2O4.ClH/c1-12-3-6-17(25-8-7-21)16(9-12)20(24)22-14-4-5-15-13(2)10-19(23)26-18(15)11-14;/h3-6,9-11H,7-8,21H2,1-2H3,(H,22,24);1H. The number of benzene rings is 2. The van der Waals surface area contributed by atoms with Crippen molar-refractivity contribution in [3.8, 4) is 5.75 Å². The molecule has 0 spiro atoms. The average Bonchev–Trinajstić information content (AvgIpc) is 2.60. The SMILES string of the molecule is Cc1ccc(OCCN)c(C(=O)Nc2ccc3c(C)cc(=O)oc3c2)c1.Cl. The van der Waals surface area contributed by atoms with E-state index in [2.05, 4.69) is 5.32 Å². The number of rotatable bonds is 5. The Labute approximate surface area is 162 Å². The van der Waals surface area contributed by atoms with Gasteiger partial charge in [-0.25, -0.2) is 4.79 Å². The molecular formula is C20H21ClN2O4. The second-order valence-corrected chi connectivity index (χ2v) is 6.05. The lowest BCUT2D eigenvalue weighted by Gasteiger charge is -2.12. The second kappa shape index (κ2) is 8.70. The van der Waals surface area contributed by atoms with Crippen molar-refractivity contribution < 1.29 is 13.9 Å². The van der Waals surface area contributed by atoms with E-state index in [9.17, 15) is 9.59 Å². The maximum atomic E-state index is 12.7. The summed E-state index contributed by atoms with van der Waals surface area (Å²) in [4.78, 5) is 24.3. The molecule has 0 saturated carbocycles. The van der Waals surface area contributed by atoms with Crippen molar-refractivity contribution in [2.75, 3.05) is 18.5 Å². The van der Waals surface area contributed by atoms with Crippen molar-refractivity contribution in [2.45, 2.75) is 13.8 Å². The quantitative estimate of drug-likeness (QED) is 0.653. The van der Waals surface area contributed by atoms with Crippen LogP contribution in [0.5, 0.6) is 5.75 Å². The number of amides is 1. The molecule has 0 aliphatic carbocycles. The van der Waals surface area contributed by atoms with Gasteiger partial charge in [-0.3, -0.25) is 4.79 Å². The molecule has 1 amide bonds. The van der Waals surface area contributed by atoms with Gasteiger partial charge in [-0.1, -0.05) is 11.6 Å². The van der Waals surface area contributed by atoms with Gasteiger partial charge in [0, 0.05) is 29.8 Å². The predicted molar refractivity (Wildman–Crippen MR) is 108 cm³/mol. The molecule has 0 atom stereocenters. The summed E-state index contributed by atoms with van der Waals surface area (Å²) in [7, 11) is 0. The number of hydrogen-bond acceptors (Lipinski definition) is 5. The Morgan fingerprint density at radius 3 is 2.67 bits per heavy atom. The normalized spacial score (nSPS) is 10.3. The van der Waals surface area contributed by atoms with E-state index in [-0.39, 0.29) is 18.3 Å². The Kier molecular flexibility index (Phi) is 6.60. The lowest BCUT2D eigenvalue weighted by Crippen LogP contribution is -2.16. The predicted octanol–water partition coefficient (Wildman–Crippen LogP) is 3.42. The van der Waals surface area contributed by atoms with Crippen molar-refractivity contribution in [3.05, 3.63) is 69.6 Å². The first-order chi connectivity index (χ1) is 12.5. The molecule has 6 nitrogen and oxygen atoms in total. The number of aryl methyl sites for hydroxylation is 2. The summed E-state index contributed by atoms with van der Waals surface area (Å²) in [6.07, 6.45) is 0. The number of carbonyl (C=O) groups is 1. The maximum Gasteiger partial charge on any atom is 0.336 e. The zero-order valence-electron chi connectivity index (χ0n) is 15.1. The summed E-state index contributed by atoms with van der Waals surface area (Å²) >= 11 is 0. The number of hydrogen-bond donors (Lipinski definition) is 2. The van der Waals surface area contributed by atoms with E-state index in [1.807, 2.05) is 26.0 Å². The van der Waals surface area contributed by atoms with E-state index in [0.717, 1.165) is 16.5 Å². The van der Waals surface area contributed by atoms with Crippen LogP contribution >= 0.6 is 12.4 Å². The Morgan fingerprint density at radius 2 is 1.93 bits per heavy atom. The van der Waals surface area contributed by atoms with Gasteiger partial charge in [0.1, 0.15) is 17.9 Å². The zero-order chi connectivity index (χ0) is 18.7. The van der Waals surface area contributed by atoms with Crippen molar-refractivity contribution in [3.63, 3.8) is 0 Å². The largest absolute Gasteiger partial charge is 0.491 e. The maximum absolute atomic E-state index is 12.7. The average molecular weight is 389 g/mol. The lowest BCUT2D eigenvalue weighted by atomic mass is 10.1. The lowest BCUT2D eigenvalue weighted by molar-refractivity contribution is 0.102. The zero-order valence-corrected chi connectivity index (χ0v) is 15.9. The van der Waals surface area contributed by atoms with Crippen LogP contribution in [0.1, 0.15) is 21.5 Å². The minimum atomic E-state index is -0.422. The Hall–Kier alpha value is -2.83. The molecule has 0 fully saturated rings. The molecule has 7 heteroatoms. The van der Waals surface area contributed by atoms with E-state index in [1.54, 1.807) is 24.3 Å². The molecule has 3 rings (SSSR count). The molecule has 3 N–H and O–H groups in total. The third-order valence-electron chi connectivity index (χ3n) is 3.96. The van der Waals surface area contributed by atoms with E-state index in [4.69, 9.17) is 14.9 Å². The fourth-order valence-electron chi connectivity index (χ4n) is 2.72. The molecule has 3 aromatic rings. The highest BCUT2D eigenvalue weighted by Crippen LogP contribution is 2.24. The topological polar surface area (TPSA) is 94.6 Å². The molecule has 0 unspecified atom stereocenters. The van der Waals surface area contributed by atoms with Crippen LogP contribution in [0, 0.1) is 13.8 Å². The number of nitrogens with one attached hydrogen (secondary N) is 1. The van der Waals surface area contributed by atoms with Crippen molar-refractivity contribution >= 4 is 35.0 Å². The highest BCUT2D eigenvalue weighted by Gasteiger charge is 2.14. The van der Waals surface area contributed by atoms with Crippen molar-refractivity contribution in [2.24, 2.45) is 5.73 Å². The molecule has 1 aromatic heterocycles. The van der Waals surface area contributed by atoms with Crippen molar-refractivity contribution in [1.82, 2.24) is 0 Å². The van der Waals surface area contributed by atoms with Gasteiger partial charge in [0.05, 0.1) is 5.56 Å². The summed E-state index contributed by atoms with van der Waals surface area (Å²) < 4.78 is 10.8. The summed E-state index contributed by atoms with van der Waals surface area (Å²) in [5.74, 6) is 0.164. The van der Waals surface area contributed by atoms with Crippen LogP contribution < -0.4 is 21.4 Å². The van der Waals surface area contributed by atoms with Gasteiger partial charge in [-0.15, -0.1) is 12.4 Å². The fourth-order valence-corrected chi connectivity index (χ4v) is 2.72. The van der Waals surface area contributed by atoms with E-state index >= 15 is 0 Å². The number of fused-ring (bicyclic) bond motifs is 1. The second-order valence-electron chi connectivity index (χ2n) is 6.05. The summed E-state index contributed by atoms with van der Waals surface area (Å²) in [5, 5.41) is 3.65. The minimum absolute atomic E-state index is 0. The van der Waals surface area contributed by atoms with Gasteiger partial charge in [-0.2, -0.15) is 0 Å². The highest BCUT2D eigenvalue weighted by atomic mass is 35.5. The molecule has 0 saturated heterocycles. The third kappa shape index (κ3) is 4.67. The van der Waals surface area contributed by atoms with Crippen LogP contribution in [0.15, 0.2) is 51.7 Å². The number of nitrogens with two attached hydrogens (primary N) is 1. The van der Waals surface area contributed by atoms with Gasteiger partial charge < -0.3 is 20.2 Å². The molecule has 1 heterocycles. The van der Waals surface area contributed by atoms with Crippen LogP contribution in [0.2, 0.25) is 0 Å². The Morgan fingerprint density at radius 1 is 1.15 bits per heavy atom. The molecule has 0 radical (unpaired) electrons. The molecule has 2 aromatic carbocycles. The molecule has 0 bridgehead atoms. The molecule has 27 heavy (non-hydrogen) atoms. The molecule has 0 aliphatic rings. The summed E-state index contributed by atoms with van der Waals surface area (Å²) in [6, 6.07) is 12.0. The first-order valence-electron chi connectivity index (χ1n) is 8.27. The van der Waals surface area contributed by atoms with Gasteiger partial charge in [0.25, 0.3) is 5.91 Å². The van der Waals surface area contributed by atoms with Crippen LogP contribution in [0.4, 0.5) is 5.69 Å². The number of halogens is 1. The third-order valence-corrected chi connectivity index (χ3v) is 3.96. The first-order valence-corrected chi connectivity index (χ1v) is 8.27. The highest BCUT2D eigenvalue weighted by molar-refractivity contribution is 6.07. The van der Waals surface area contributed by atoms with Gasteiger partial charge in [-0.05, 0) is 43.7 Å². The van der Waals surface area contributed by atoms with Crippen molar-refractivity contribution in [1.29, 1.82) is 0 Å². The number of anilines is 1. The minimum Gasteiger partial charge on any atom is -0.491 e. The smallest absolute Gasteiger partial charge is 0.336 e. The van der Waals surface area contributed by atoms with Crippen LogP contribution in [0.25, 0.3) is 11.0 Å². The van der Waals surface area contributed by atoms with Gasteiger partial charge in [0.15, 0.2) is 0 Å². The fraction of sp³-hybridized carbons (Fsp3) is 0.200. The first kappa shape index (κ1) is 20.5. The van der Waals surface area contributed by atoms with Gasteiger partial charge >= 0.3 is 5.63 Å². The van der Waals surface area contributed by atoms with Gasteiger partial charge in [0.2, 0.25) is 0 Å². The van der Waals surface area contributed by atoms with Crippen LogP contribution in [-0.2, 0) is 0 Å². The van der Waals surface area contributed by atoms with E-state index < -0.39 is 5.63 Å². The van der Waals surface area contributed by atoms with Crippen LogP contribution in [0.3, 0.4) is 0 Å². The monoisotopic (exact) mass is 388 g/mol. The molecule has 0 aliphatic heterocycles. The summed E-state index contributed by atoms with van der Waals surface area (Å²) in [6.45, 7) is 4.42.